The van der Waals surface area contributed by atoms with Gasteiger partial charge in [-0.2, -0.15) is 0 Å². The summed E-state index contributed by atoms with van der Waals surface area (Å²) in [6.45, 7) is 3.82. The molecule has 1 fully saturated rings. The number of carbonyl (C=O) groups is 4. The van der Waals surface area contributed by atoms with Gasteiger partial charge >= 0.3 is 0 Å². The molecule has 6 atom stereocenters. The number of aliphatic hydroxyl groups excluding tert-OH is 3. The first-order valence-corrected chi connectivity index (χ1v) is 13.0. The number of ketones is 2. The number of hydrogen-bond donors (Lipinski definition) is 8. The molecule has 1 saturated carbocycles. The first-order valence-electron chi connectivity index (χ1n) is 13.0. The van der Waals surface area contributed by atoms with Crippen LogP contribution in [0.4, 0.5) is 5.69 Å². The molecule has 3 aliphatic rings. The monoisotopic (exact) mass is 570 g/mol. The van der Waals surface area contributed by atoms with Gasteiger partial charge in [0.1, 0.15) is 22.8 Å². The molecule has 0 bridgehead atoms. The van der Waals surface area contributed by atoms with E-state index in [-0.39, 0.29) is 17.8 Å². The van der Waals surface area contributed by atoms with Crippen molar-refractivity contribution in [2.24, 2.45) is 17.6 Å². The number of nitrogens with two attached hydrogens (primary N) is 1. The van der Waals surface area contributed by atoms with E-state index in [1.165, 1.54) is 31.1 Å². The van der Waals surface area contributed by atoms with Crippen molar-refractivity contribution in [1.82, 2.24) is 10.2 Å². The van der Waals surface area contributed by atoms with Crippen LogP contribution in [-0.4, -0.2) is 98.7 Å². The zero-order valence-electron chi connectivity index (χ0n) is 23.0. The van der Waals surface area contributed by atoms with Gasteiger partial charge < -0.3 is 41.9 Å². The molecule has 0 spiro atoms. The standard InChI is InChI=1S/C28H34N4O9/c1-5-6-9-30-10-14(33)31-13-8-7-12-11(2)15-17(22(35)16(12)21(13)34)25(38)28(41)19(23(15)36)20(32(3)4)24(37)18(26(28)39)27(29)40/h5-8,11,15,19-20,23,30,34-36,39,41H,9-10H2,1-4H3,(H2,29,40)(H,31,33)/t11?,15?,19?,20-,23?,28-/m0/s1. The van der Waals surface area contributed by atoms with Crippen molar-refractivity contribution in [1.29, 1.82) is 0 Å². The number of aromatic hydroxyl groups is 1. The number of rotatable bonds is 7. The minimum absolute atomic E-state index is 0.0607. The Hall–Kier alpha value is -4.04. The Morgan fingerprint density at radius 3 is 2.41 bits per heavy atom. The number of hydrogen-bond acceptors (Lipinski definition) is 11. The van der Waals surface area contributed by atoms with E-state index in [4.69, 9.17) is 5.73 Å². The number of carbonyl (C=O) groups excluding carboxylic acids is 4. The van der Waals surface area contributed by atoms with Gasteiger partial charge in [-0.05, 0) is 38.6 Å². The van der Waals surface area contributed by atoms with Crippen LogP contribution >= 0.6 is 0 Å². The maximum atomic E-state index is 14.0. The van der Waals surface area contributed by atoms with Crippen LogP contribution in [-0.2, 0) is 19.2 Å². The lowest BCUT2D eigenvalue weighted by molar-refractivity contribution is -0.169. The molecule has 0 radical (unpaired) electrons. The molecule has 13 nitrogen and oxygen atoms in total. The summed E-state index contributed by atoms with van der Waals surface area (Å²) in [5.74, 6) is -10.3. The number of anilines is 1. The number of phenols is 1. The van der Waals surface area contributed by atoms with Crippen molar-refractivity contribution in [3.05, 3.63) is 52.3 Å². The van der Waals surface area contributed by atoms with E-state index in [0.29, 0.717) is 12.1 Å². The zero-order chi connectivity index (χ0) is 30.5. The van der Waals surface area contributed by atoms with Crippen LogP contribution < -0.4 is 16.4 Å². The number of benzene rings is 1. The van der Waals surface area contributed by atoms with Crippen LogP contribution in [0.3, 0.4) is 0 Å². The van der Waals surface area contributed by atoms with Gasteiger partial charge in [0.25, 0.3) is 5.91 Å². The molecule has 1 aromatic carbocycles. The number of primary amides is 1. The summed E-state index contributed by atoms with van der Waals surface area (Å²) < 4.78 is 0. The van der Waals surface area contributed by atoms with Gasteiger partial charge in [0, 0.05) is 18.0 Å². The number of likely N-dealkylation sites (N-methyl/N-ethyl adjacent to an activating group) is 1. The Bertz CT molecular complexity index is 1430. The summed E-state index contributed by atoms with van der Waals surface area (Å²) in [4.78, 5) is 53.0. The van der Waals surface area contributed by atoms with Crippen LogP contribution in [0.5, 0.6) is 5.75 Å². The van der Waals surface area contributed by atoms with Crippen LogP contribution in [0.2, 0.25) is 0 Å². The fraction of sp³-hybridized carbons (Fsp3) is 0.429. The van der Waals surface area contributed by atoms with Gasteiger partial charge in [-0.15, -0.1) is 0 Å². The van der Waals surface area contributed by atoms with Crippen molar-refractivity contribution in [3.63, 3.8) is 0 Å². The predicted molar refractivity (Wildman–Crippen MR) is 147 cm³/mol. The van der Waals surface area contributed by atoms with Gasteiger partial charge in [-0.3, -0.25) is 24.1 Å². The lowest BCUT2D eigenvalue weighted by Gasteiger charge is -2.53. The SMILES string of the molecule is CC=CCNCC(=O)Nc1ccc2c(c1O)C(O)=C1C(=O)[C@]3(O)C(O)=C(C(N)=O)C(=O)[C@@H](N(C)C)C3C(O)C1C2C. The van der Waals surface area contributed by atoms with E-state index < -0.39 is 87.3 Å². The Kier molecular flexibility index (Phi) is 7.84. The third-order valence-corrected chi connectivity index (χ3v) is 8.19. The smallest absolute Gasteiger partial charge is 0.255 e. The molecule has 2 amide bonds. The zero-order valence-corrected chi connectivity index (χ0v) is 23.0. The number of Topliss-reactive ketones (excluding diaryl/α,β-unsaturated/α-hetero) is 2. The molecule has 4 unspecified atom stereocenters. The number of allylic oxidation sites excluding steroid dienone is 1. The lowest BCUT2D eigenvalue weighted by atomic mass is 9.54. The predicted octanol–water partition coefficient (Wildman–Crippen LogP) is -0.400. The van der Waals surface area contributed by atoms with Crippen LogP contribution in [0.15, 0.2) is 41.2 Å². The molecule has 4 rings (SSSR count). The number of aliphatic hydroxyl groups is 4. The highest BCUT2D eigenvalue weighted by molar-refractivity contribution is 6.24. The first-order chi connectivity index (χ1) is 19.2. The van der Waals surface area contributed by atoms with Crippen molar-refractivity contribution < 1.29 is 44.7 Å². The molecule has 220 valence electrons. The minimum Gasteiger partial charge on any atom is -0.508 e. The van der Waals surface area contributed by atoms with Crippen molar-refractivity contribution in [2.45, 2.75) is 37.5 Å². The molecule has 41 heavy (non-hydrogen) atoms. The molecular weight excluding hydrogens is 536 g/mol. The van der Waals surface area contributed by atoms with E-state index in [0.717, 1.165) is 0 Å². The average molecular weight is 571 g/mol. The second-order valence-corrected chi connectivity index (χ2v) is 10.7. The molecule has 0 saturated heterocycles. The maximum Gasteiger partial charge on any atom is 0.255 e. The van der Waals surface area contributed by atoms with Crippen LogP contribution in [0.1, 0.15) is 30.9 Å². The van der Waals surface area contributed by atoms with Gasteiger partial charge in [0.15, 0.2) is 11.4 Å². The Morgan fingerprint density at radius 1 is 1.17 bits per heavy atom. The number of nitrogens with zero attached hydrogens (tertiary/aromatic N) is 1. The fourth-order valence-electron chi connectivity index (χ4n) is 6.30. The van der Waals surface area contributed by atoms with E-state index in [2.05, 4.69) is 10.6 Å². The third-order valence-electron chi connectivity index (χ3n) is 8.19. The molecule has 0 heterocycles. The minimum atomic E-state index is -3.00. The summed E-state index contributed by atoms with van der Waals surface area (Å²) in [6, 6.07) is 1.51. The molecule has 9 N–H and O–H groups in total. The Balaban J connectivity index is 1.86. The summed E-state index contributed by atoms with van der Waals surface area (Å²) >= 11 is 0. The highest BCUT2D eigenvalue weighted by Crippen LogP contribution is 2.56. The van der Waals surface area contributed by atoms with Gasteiger partial charge in [-0.25, -0.2) is 0 Å². The lowest BCUT2D eigenvalue weighted by Crippen LogP contribution is -2.70. The van der Waals surface area contributed by atoms with Crippen LogP contribution in [0, 0.1) is 11.8 Å². The quantitative estimate of drug-likeness (QED) is 0.0911. The Morgan fingerprint density at radius 2 is 1.83 bits per heavy atom. The summed E-state index contributed by atoms with van der Waals surface area (Å²) in [7, 11) is 2.88. The molecular formula is C28H34N4O9. The molecule has 3 aliphatic carbocycles. The van der Waals surface area contributed by atoms with Crippen molar-refractivity contribution in [2.75, 3.05) is 32.5 Å². The fourth-order valence-corrected chi connectivity index (χ4v) is 6.30. The number of nitrogens with one attached hydrogen (secondary N) is 2. The molecule has 1 aromatic rings. The molecule has 0 aromatic heterocycles. The summed E-state index contributed by atoms with van der Waals surface area (Å²) in [5.41, 5.74) is 0.891. The highest BCUT2D eigenvalue weighted by atomic mass is 16.4. The normalized spacial score (nSPS) is 29.5. The molecule has 0 aliphatic heterocycles. The summed E-state index contributed by atoms with van der Waals surface area (Å²) in [5, 5.41) is 62.2. The Labute approximate surface area is 235 Å². The van der Waals surface area contributed by atoms with E-state index >= 15 is 0 Å². The maximum absolute atomic E-state index is 14.0. The third kappa shape index (κ3) is 4.41. The second-order valence-electron chi connectivity index (χ2n) is 10.7. The average Bonchev–Trinajstić information content (AvgIpc) is 2.89. The highest BCUT2D eigenvalue weighted by Gasteiger charge is 2.68. The van der Waals surface area contributed by atoms with Crippen molar-refractivity contribution >= 4 is 34.8 Å². The number of amides is 2. The number of fused-ring (bicyclic) bond motifs is 3. The van der Waals surface area contributed by atoms with Gasteiger partial charge in [0.05, 0.1) is 35.9 Å². The van der Waals surface area contributed by atoms with E-state index in [1.54, 1.807) is 6.92 Å². The first kappa shape index (κ1) is 29.9. The topological polar surface area (TPSA) is 223 Å². The van der Waals surface area contributed by atoms with Crippen LogP contribution in [0.25, 0.3) is 5.76 Å². The van der Waals surface area contributed by atoms with E-state index in [9.17, 15) is 44.7 Å². The van der Waals surface area contributed by atoms with Gasteiger partial charge in [-0.1, -0.05) is 25.1 Å². The number of phenolic OH excluding ortho intramolecular Hbond substituents is 1. The molecule has 13 heteroatoms. The second kappa shape index (κ2) is 10.7. The summed E-state index contributed by atoms with van der Waals surface area (Å²) in [6.07, 6.45) is 1.93. The van der Waals surface area contributed by atoms with Gasteiger partial charge in [0.2, 0.25) is 11.7 Å². The van der Waals surface area contributed by atoms with E-state index in [1.807, 2.05) is 19.1 Å². The largest absolute Gasteiger partial charge is 0.508 e. The van der Waals surface area contributed by atoms with Crippen molar-refractivity contribution in [3.8, 4) is 5.75 Å².